The minimum absolute atomic E-state index is 0.0720. The van der Waals surface area contributed by atoms with Crippen molar-refractivity contribution < 1.29 is 4.79 Å². The second kappa shape index (κ2) is 5.41. The molecule has 0 aromatic carbocycles. The zero-order valence-electron chi connectivity index (χ0n) is 8.23. The first kappa shape index (κ1) is 11.8. The number of carbonyl (C=O) groups is 1. The summed E-state index contributed by atoms with van der Waals surface area (Å²) < 4.78 is 0. The zero-order chi connectivity index (χ0) is 9.72. The Morgan fingerprint density at radius 3 is 2.17 bits per heavy atom. The molecule has 0 aliphatic heterocycles. The molecular formula is C9H18ClNO. The molecule has 0 aliphatic rings. The summed E-state index contributed by atoms with van der Waals surface area (Å²) in [6.45, 7) is 7.93. The van der Waals surface area contributed by atoms with Crippen LogP contribution in [0, 0.1) is 5.92 Å². The van der Waals surface area contributed by atoms with Crippen molar-refractivity contribution in [2.24, 2.45) is 5.92 Å². The van der Waals surface area contributed by atoms with Gasteiger partial charge in [0.2, 0.25) is 5.91 Å². The molecule has 2 unspecified atom stereocenters. The van der Waals surface area contributed by atoms with Crippen molar-refractivity contribution in [3.63, 3.8) is 0 Å². The molecule has 0 aromatic heterocycles. The van der Waals surface area contributed by atoms with Gasteiger partial charge < -0.3 is 5.32 Å². The first-order valence-electron chi connectivity index (χ1n) is 4.43. The monoisotopic (exact) mass is 191 g/mol. The summed E-state index contributed by atoms with van der Waals surface area (Å²) in [5.41, 5.74) is 0. The Labute approximate surface area is 79.7 Å². The van der Waals surface area contributed by atoms with Crippen LogP contribution in [0.1, 0.15) is 34.1 Å². The average molecular weight is 192 g/mol. The van der Waals surface area contributed by atoms with E-state index in [0.717, 1.165) is 6.42 Å². The number of nitrogens with one attached hydrogen (secondary N) is 1. The van der Waals surface area contributed by atoms with Crippen molar-refractivity contribution in [2.45, 2.75) is 45.5 Å². The van der Waals surface area contributed by atoms with Gasteiger partial charge in [-0.2, -0.15) is 0 Å². The molecule has 0 aliphatic carbocycles. The first-order chi connectivity index (χ1) is 5.49. The first-order valence-corrected chi connectivity index (χ1v) is 4.87. The van der Waals surface area contributed by atoms with Gasteiger partial charge in [-0.05, 0) is 19.3 Å². The Kier molecular flexibility index (Phi) is 5.31. The highest BCUT2D eigenvalue weighted by Gasteiger charge is 2.16. The van der Waals surface area contributed by atoms with Crippen molar-refractivity contribution in [3.05, 3.63) is 0 Å². The van der Waals surface area contributed by atoms with Crippen molar-refractivity contribution in [2.75, 3.05) is 0 Å². The SMILES string of the molecule is CCC(NC(=O)C(C)Cl)C(C)C. The largest absolute Gasteiger partial charge is 0.352 e. The van der Waals surface area contributed by atoms with E-state index in [1.165, 1.54) is 0 Å². The summed E-state index contributed by atoms with van der Waals surface area (Å²) in [4.78, 5) is 11.2. The normalized spacial score (nSPS) is 15.8. The molecule has 3 heteroatoms. The summed E-state index contributed by atoms with van der Waals surface area (Å²) in [5.74, 6) is 0.395. The highest BCUT2D eigenvalue weighted by Crippen LogP contribution is 2.06. The van der Waals surface area contributed by atoms with Gasteiger partial charge in [-0.25, -0.2) is 0 Å². The minimum Gasteiger partial charge on any atom is -0.352 e. The highest BCUT2D eigenvalue weighted by molar-refractivity contribution is 6.30. The molecular weight excluding hydrogens is 174 g/mol. The van der Waals surface area contributed by atoms with Crippen LogP contribution < -0.4 is 5.32 Å². The summed E-state index contributed by atoms with van der Waals surface area (Å²) in [7, 11) is 0. The Hall–Kier alpha value is -0.240. The highest BCUT2D eigenvalue weighted by atomic mass is 35.5. The Morgan fingerprint density at radius 1 is 1.42 bits per heavy atom. The van der Waals surface area contributed by atoms with Crippen molar-refractivity contribution in [3.8, 4) is 0 Å². The Balaban J connectivity index is 3.94. The number of halogens is 1. The standard InChI is InChI=1S/C9H18ClNO/c1-5-8(6(2)3)11-9(12)7(4)10/h6-8H,5H2,1-4H3,(H,11,12). The van der Waals surface area contributed by atoms with Crippen molar-refractivity contribution in [1.82, 2.24) is 5.32 Å². The van der Waals surface area contributed by atoms with Crippen LogP contribution in [-0.4, -0.2) is 17.3 Å². The van der Waals surface area contributed by atoms with Crippen LogP contribution in [0.4, 0.5) is 0 Å². The van der Waals surface area contributed by atoms with Gasteiger partial charge in [-0.15, -0.1) is 11.6 Å². The van der Waals surface area contributed by atoms with Gasteiger partial charge in [0.25, 0.3) is 0 Å². The van der Waals surface area contributed by atoms with E-state index in [1.54, 1.807) is 6.92 Å². The molecule has 2 nitrogen and oxygen atoms in total. The van der Waals surface area contributed by atoms with E-state index < -0.39 is 5.38 Å². The molecule has 12 heavy (non-hydrogen) atoms. The number of hydrogen-bond acceptors (Lipinski definition) is 1. The van der Waals surface area contributed by atoms with Crippen LogP contribution in [0.3, 0.4) is 0 Å². The predicted octanol–water partition coefficient (Wildman–Crippen LogP) is 2.16. The lowest BCUT2D eigenvalue weighted by molar-refractivity contribution is -0.121. The Bertz CT molecular complexity index is 145. The van der Waals surface area contributed by atoms with Gasteiger partial charge >= 0.3 is 0 Å². The number of rotatable bonds is 4. The maximum atomic E-state index is 11.2. The third-order valence-corrected chi connectivity index (χ3v) is 2.13. The number of carbonyl (C=O) groups excluding carboxylic acids is 1. The second-order valence-electron chi connectivity index (χ2n) is 3.38. The number of hydrogen-bond donors (Lipinski definition) is 1. The molecule has 0 aromatic rings. The molecule has 2 atom stereocenters. The molecule has 1 N–H and O–H groups in total. The third kappa shape index (κ3) is 3.96. The average Bonchev–Trinajstić information content (AvgIpc) is 1.98. The lowest BCUT2D eigenvalue weighted by atomic mass is 10.0. The minimum atomic E-state index is -0.433. The van der Waals surface area contributed by atoms with Gasteiger partial charge in [-0.1, -0.05) is 20.8 Å². The maximum absolute atomic E-state index is 11.2. The smallest absolute Gasteiger partial charge is 0.237 e. The van der Waals surface area contributed by atoms with Gasteiger partial charge in [0, 0.05) is 6.04 Å². The van der Waals surface area contributed by atoms with Crippen LogP contribution >= 0.6 is 11.6 Å². The van der Waals surface area contributed by atoms with Crippen LogP contribution in [0.2, 0.25) is 0 Å². The molecule has 0 spiro atoms. The van der Waals surface area contributed by atoms with E-state index in [4.69, 9.17) is 11.6 Å². The fourth-order valence-electron chi connectivity index (χ4n) is 1.04. The maximum Gasteiger partial charge on any atom is 0.237 e. The van der Waals surface area contributed by atoms with Gasteiger partial charge in [0.05, 0.1) is 0 Å². The number of amides is 1. The van der Waals surface area contributed by atoms with E-state index in [2.05, 4.69) is 26.1 Å². The lowest BCUT2D eigenvalue weighted by Gasteiger charge is -2.21. The molecule has 0 radical (unpaired) electrons. The predicted molar refractivity (Wildman–Crippen MR) is 52.4 cm³/mol. The fraction of sp³-hybridized carbons (Fsp3) is 0.889. The molecule has 0 bridgehead atoms. The summed E-state index contributed by atoms with van der Waals surface area (Å²) in [6, 6.07) is 0.249. The molecule has 0 saturated carbocycles. The van der Waals surface area contributed by atoms with E-state index in [-0.39, 0.29) is 11.9 Å². The van der Waals surface area contributed by atoms with Gasteiger partial charge in [0.15, 0.2) is 0 Å². The Morgan fingerprint density at radius 2 is 1.92 bits per heavy atom. The topological polar surface area (TPSA) is 29.1 Å². The van der Waals surface area contributed by atoms with Gasteiger partial charge in [0.1, 0.15) is 5.38 Å². The second-order valence-corrected chi connectivity index (χ2v) is 4.04. The third-order valence-electron chi connectivity index (χ3n) is 1.93. The van der Waals surface area contributed by atoms with Crippen LogP contribution in [0.25, 0.3) is 0 Å². The number of alkyl halides is 1. The van der Waals surface area contributed by atoms with Crippen molar-refractivity contribution >= 4 is 17.5 Å². The van der Waals surface area contributed by atoms with E-state index in [0.29, 0.717) is 5.92 Å². The summed E-state index contributed by atoms with van der Waals surface area (Å²) in [5, 5.41) is 2.46. The summed E-state index contributed by atoms with van der Waals surface area (Å²) >= 11 is 5.62. The summed E-state index contributed by atoms with van der Waals surface area (Å²) in [6.07, 6.45) is 0.951. The molecule has 0 heterocycles. The van der Waals surface area contributed by atoms with Crippen molar-refractivity contribution in [1.29, 1.82) is 0 Å². The van der Waals surface area contributed by atoms with Crippen LogP contribution in [0.15, 0.2) is 0 Å². The van der Waals surface area contributed by atoms with E-state index >= 15 is 0 Å². The van der Waals surface area contributed by atoms with Crippen LogP contribution in [0.5, 0.6) is 0 Å². The van der Waals surface area contributed by atoms with E-state index in [9.17, 15) is 4.79 Å². The van der Waals surface area contributed by atoms with E-state index in [1.807, 2.05) is 0 Å². The quantitative estimate of drug-likeness (QED) is 0.679. The molecule has 0 rings (SSSR count). The molecule has 72 valence electrons. The molecule has 0 saturated heterocycles. The lowest BCUT2D eigenvalue weighted by Crippen LogP contribution is -2.41. The zero-order valence-corrected chi connectivity index (χ0v) is 8.98. The molecule has 1 amide bonds. The fourth-order valence-corrected chi connectivity index (χ4v) is 1.10. The van der Waals surface area contributed by atoms with Crippen LogP contribution in [-0.2, 0) is 4.79 Å². The molecule has 0 fully saturated rings. The van der Waals surface area contributed by atoms with Gasteiger partial charge in [-0.3, -0.25) is 4.79 Å².